The van der Waals surface area contributed by atoms with E-state index in [1.807, 2.05) is 0 Å². The SMILES string of the molecule is O=C(O)C1(c2cc(O)cc(C(F)(F)F)c2O)CC1. The third-order valence-electron chi connectivity index (χ3n) is 3.08. The van der Waals surface area contributed by atoms with E-state index in [-0.39, 0.29) is 18.4 Å². The third-order valence-corrected chi connectivity index (χ3v) is 3.08. The van der Waals surface area contributed by atoms with Gasteiger partial charge in [0, 0.05) is 5.56 Å². The predicted octanol–water partition coefficient (Wildman–Crippen LogP) is 2.23. The van der Waals surface area contributed by atoms with E-state index in [1.165, 1.54) is 0 Å². The molecular weight excluding hydrogens is 253 g/mol. The molecule has 0 aromatic heterocycles. The van der Waals surface area contributed by atoms with Gasteiger partial charge in [0.1, 0.15) is 17.1 Å². The molecule has 1 aliphatic carbocycles. The molecule has 2 rings (SSSR count). The molecule has 1 aliphatic rings. The summed E-state index contributed by atoms with van der Waals surface area (Å²) in [6, 6.07) is 1.24. The fraction of sp³-hybridized carbons (Fsp3) is 0.364. The first-order valence-electron chi connectivity index (χ1n) is 5.05. The lowest BCUT2D eigenvalue weighted by atomic mass is 9.92. The summed E-state index contributed by atoms with van der Waals surface area (Å²) in [7, 11) is 0. The lowest BCUT2D eigenvalue weighted by molar-refractivity contribution is -0.141. The van der Waals surface area contributed by atoms with Gasteiger partial charge < -0.3 is 15.3 Å². The van der Waals surface area contributed by atoms with E-state index in [0.717, 1.165) is 6.07 Å². The van der Waals surface area contributed by atoms with Crippen molar-refractivity contribution in [1.82, 2.24) is 0 Å². The van der Waals surface area contributed by atoms with Gasteiger partial charge in [0.05, 0.1) is 5.41 Å². The van der Waals surface area contributed by atoms with Gasteiger partial charge in [-0.25, -0.2) is 0 Å². The molecule has 0 unspecified atom stereocenters. The number of halogens is 3. The number of phenols is 2. The first kappa shape index (κ1) is 12.5. The molecule has 4 nitrogen and oxygen atoms in total. The summed E-state index contributed by atoms with van der Waals surface area (Å²) in [4.78, 5) is 11.0. The van der Waals surface area contributed by atoms with Crippen LogP contribution in [-0.2, 0) is 16.4 Å². The Morgan fingerprint density at radius 3 is 2.17 bits per heavy atom. The molecule has 1 aromatic carbocycles. The second-order valence-electron chi connectivity index (χ2n) is 4.27. The van der Waals surface area contributed by atoms with Gasteiger partial charge in [-0.1, -0.05) is 0 Å². The summed E-state index contributed by atoms with van der Waals surface area (Å²) in [5.41, 5.74) is -3.32. The summed E-state index contributed by atoms with van der Waals surface area (Å²) < 4.78 is 37.8. The zero-order valence-corrected chi connectivity index (χ0v) is 8.95. The number of hydrogen-bond donors (Lipinski definition) is 3. The van der Waals surface area contributed by atoms with Crippen LogP contribution in [0.25, 0.3) is 0 Å². The van der Waals surface area contributed by atoms with Gasteiger partial charge >= 0.3 is 12.1 Å². The summed E-state index contributed by atoms with van der Waals surface area (Å²) in [5.74, 6) is -3.15. The predicted molar refractivity (Wildman–Crippen MR) is 53.3 cm³/mol. The molecular formula is C11H9F3O4. The van der Waals surface area contributed by atoms with E-state index in [1.54, 1.807) is 0 Å². The van der Waals surface area contributed by atoms with Crippen molar-refractivity contribution in [2.75, 3.05) is 0 Å². The first-order chi connectivity index (χ1) is 8.18. The van der Waals surface area contributed by atoms with E-state index in [9.17, 15) is 28.2 Å². The molecule has 0 heterocycles. The van der Waals surface area contributed by atoms with Crippen LogP contribution in [0.4, 0.5) is 13.2 Å². The highest BCUT2D eigenvalue weighted by molar-refractivity contribution is 5.86. The van der Waals surface area contributed by atoms with Gasteiger partial charge in [-0.15, -0.1) is 0 Å². The number of hydrogen-bond acceptors (Lipinski definition) is 3. The maximum atomic E-state index is 12.6. The summed E-state index contributed by atoms with van der Waals surface area (Å²) in [6.07, 6.45) is -4.58. The molecule has 0 amide bonds. The van der Waals surface area contributed by atoms with Crippen LogP contribution in [0.2, 0.25) is 0 Å². The second-order valence-corrected chi connectivity index (χ2v) is 4.27. The van der Waals surface area contributed by atoms with Gasteiger partial charge in [0.25, 0.3) is 0 Å². The number of phenolic OH excluding ortho intramolecular Hbond substituents is 2. The number of carboxylic acids is 1. The van der Waals surface area contributed by atoms with Crippen LogP contribution in [-0.4, -0.2) is 21.3 Å². The average Bonchev–Trinajstić information content (AvgIpc) is 3.00. The highest BCUT2D eigenvalue weighted by Gasteiger charge is 2.54. The summed E-state index contributed by atoms with van der Waals surface area (Å²) in [6.45, 7) is 0. The van der Waals surface area contributed by atoms with Crippen LogP contribution in [0.1, 0.15) is 24.0 Å². The molecule has 0 bridgehead atoms. The molecule has 1 aromatic rings. The van der Waals surface area contributed by atoms with Crippen molar-refractivity contribution < 1.29 is 33.3 Å². The van der Waals surface area contributed by atoms with Gasteiger partial charge in [-0.2, -0.15) is 13.2 Å². The van der Waals surface area contributed by atoms with Gasteiger partial charge in [-0.05, 0) is 25.0 Å². The van der Waals surface area contributed by atoms with Crippen molar-refractivity contribution in [3.8, 4) is 11.5 Å². The Balaban J connectivity index is 2.64. The van der Waals surface area contributed by atoms with Crippen LogP contribution >= 0.6 is 0 Å². The number of benzene rings is 1. The minimum Gasteiger partial charge on any atom is -0.508 e. The molecule has 0 saturated heterocycles. The van der Waals surface area contributed by atoms with E-state index < -0.39 is 34.6 Å². The van der Waals surface area contributed by atoms with Crippen LogP contribution < -0.4 is 0 Å². The number of aliphatic carboxylic acids is 1. The fourth-order valence-electron chi connectivity index (χ4n) is 1.92. The van der Waals surface area contributed by atoms with Crippen LogP contribution in [0.3, 0.4) is 0 Å². The number of rotatable bonds is 2. The molecule has 1 saturated carbocycles. The van der Waals surface area contributed by atoms with Crippen LogP contribution in [0, 0.1) is 0 Å². The summed E-state index contributed by atoms with van der Waals surface area (Å²) in [5, 5.41) is 27.8. The van der Waals surface area contributed by atoms with Crippen LogP contribution in [0.15, 0.2) is 12.1 Å². The van der Waals surface area contributed by atoms with Gasteiger partial charge in [0.2, 0.25) is 0 Å². The molecule has 0 atom stereocenters. The average molecular weight is 262 g/mol. The molecule has 18 heavy (non-hydrogen) atoms. The Hall–Kier alpha value is -1.92. The van der Waals surface area contributed by atoms with Crippen molar-refractivity contribution in [2.45, 2.75) is 24.4 Å². The Morgan fingerprint density at radius 1 is 1.22 bits per heavy atom. The minimum absolute atomic E-state index is 0.136. The third kappa shape index (κ3) is 1.75. The van der Waals surface area contributed by atoms with Crippen molar-refractivity contribution in [1.29, 1.82) is 0 Å². The first-order valence-corrected chi connectivity index (χ1v) is 5.05. The van der Waals surface area contributed by atoms with Crippen molar-refractivity contribution >= 4 is 5.97 Å². The monoisotopic (exact) mass is 262 g/mol. The Labute approximate surface area is 99.3 Å². The van der Waals surface area contributed by atoms with E-state index >= 15 is 0 Å². The van der Waals surface area contributed by atoms with Crippen molar-refractivity contribution in [2.24, 2.45) is 0 Å². The van der Waals surface area contributed by atoms with Gasteiger partial charge in [-0.3, -0.25) is 4.79 Å². The highest BCUT2D eigenvalue weighted by Crippen LogP contribution is 2.54. The fourth-order valence-corrected chi connectivity index (χ4v) is 1.92. The van der Waals surface area contributed by atoms with Gasteiger partial charge in [0.15, 0.2) is 0 Å². The number of carbonyl (C=O) groups is 1. The standard InChI is InChI=1S/C11H9F3O4/c12-11(13,14)7-4-5(15)3-6(8(7)16)10(1-2-10)9(17)18/h3-4,15-16H,1-2H2,(H,17,18). The molecule has 0 spiro atoms. The van der Waals surface area contributed by atoms with Crippen molar-refractivity contribution in [3.63, 3.8) is 0 Å². The molecule has 0 aliphatic heterocycles. The number of aromatic hydroxyl groups is 2. The quantitative estimate of drug-likeness (QED) is 0.714. The molecule has 3 N–H and O–H groups in total. The number of carboxylic acid groups (broad SMARTS) is 1. The normalized spacial score (nSPS) is 17.5. The second kappa shape index (κ2) is 3.54. The smallest absolute Gasteiger partial charge is 0.420 e. The lowest BCUT2D eigenvalue weighted by Gasteiger charge is -2.17. The highest BCUT2D eigenvalue weighted by atomic mass is 19.4. The van der Waals surface area contributed by atoms with E-state index in [0.29, 0.717) is 6.07 Å². The zero-order chi connectivity index (χ0) is 13.7. The Kier molecular flexibility index (Phi) is 2.46. The Bertz CT molecular complexity index is 518. The minimum atomic E-state index is -4.86. The van der Waals surface area contributed by atoms with E-state index in [4.69, 9.17) is 5.11 Å². The lowest BCUT2D eigenvalue weighted by Crippen LogP contribution is -2.20. The molecule has 0 radical (unpaired) electrons. The maximum Gasteiger partial charge on any atom is 0.420 e. The largest absolute Gasteiger partial charge is 0.508 e. The maximum absolute atomic E-state index is 12.6. The van der Waals surface area contributed by atoms with Crippen molar-refractivity contribution in [3.05, 3.63) is 23.3 Å². The van der Waals surface area contributed by atoms with Crippen LogP contribution in [0.5, 0.6) is 11.5 Å². The number of alkyl halides is 3. The van der Waals surface area contributed by atoms with E-state index in [2.05, 4.69) is 0 Å². The Morgan fingerprint density at radius 2 is 1.78 bits per heavy atom. The molecule has 1 fully saturated rings. The topological polar surface area (TPSA) is 77.8 Å². The zero-order valence-electron chi connectivity index (χ0n) is 8.95. The summed E-state index contributed by atoms with van der Waals surface area (Å²) >= 11 is 0. The molecule has 7 heteroatoms. The molecule has 98 valence electrons.